The summed E-state index contributed by atoms with van der Waals surface area (Å²) >= 11 is 3.44. The molecule has 29 heavy (non-hydrogen) atoms. The van der Waals surface area contributed by atoms with Crippen LogP contribution in [0, 0.1) is 5.41 Å². The maximum Gasteiger partial charge on any atom is 0.336 e. The standard InChI is InChI=1S/C25H31BrO3/c1-7-28-22-14-11-20(26)16-18(22)8-15-23(27)29-21-12-9-19(10-13-21)25(5,6)17-24(2,3)4/h8-16H,7,17H2,1-6H3/b15-8+. The fourth-order valence-electron chi connectivity index (χ4n) is 3.65. The van der Waals surface area contributed by atoms with Crippen molar-refractivity contribution in [3.63, 3.8) is 0 Å². The average Bonchev–Trinajstić information content (AvgIpc) is 2.60. The first-order chi connectivity index (χ1) is 13.5. The summed E-state index contributed by atoms with van der Waals surface area (Å²) in [6, 6.07) is 13.5. The zero-order valence-corrected chi connectivity index (χ0v) is 19.8. The molecule has 156 valence electrons. The third kappa shape index (κ3) is 7.36. The summed E-state index contributed by atoms with van der Waals surface area (Å²) in [6.45, 7) is 13.7. The molecular weight excluding hydrogens is 428 g/mol. The van der Waals surface area contributed by atoms with Crippen molar-refractivity contribution in [1.29, 1.82) is 0 Å². The van der Waals surface area contributed by atoms with E-state index in [-0.39, 0.29) is 10.8 Å². The molecule has 0 amide bonds. The Hall–Kier alpha value is -2.07. The minimum Gasteiger partial charge on any atom is -0.493 e. The van der Waals surface area contributed by atoms with E-state index in [1.54, 1.807) is 6.08 Å². The van der Waals surface area contributed by atoms with Gasteiger partial charge in [-0.15, -0.1) is 0 Å². The summed E-state index contributed by atoms with van der Waals surface area (Å²) in [5.74, 6) is 0.841. The van der Waals surface area contributed by atoms with Crippen LogP contribution in [0.15, 0.2) is 53.0 Å². The fourth-order valence-corrected chi connectivity index (χ4v) is 4.03. The maximum absolute atomic E-state index is 12.2. The molecule has 2 aromatic rings. The molecule has 2 aromatic carbocycles. The molecule has 0 aliphatic rings. The Kier molecular flexibility index (Phi) is 7.70. The number of carbonyl (C=O) groups is 1. The van der Waals surface area contributed by atoms with E-state index in [1.165, 1.54) is 11.6 Å². The lowest BCUT2D eigenvalue weighted by molar-refractivity contribution is -0.128. The van der Waals surface area contributed by atoms with Gasteiger partial charge in [0.05, 0.1) is 6.61 Å². The minimum atomic E-state index is -0.422. The summed E-state index contributed by atoms with van der Waals surface area (Å²) in [4.78, 5) is 12.2. The van der Waals surface area contributed by atoms with E-state index in [0.717, 1.165) is 22.2 Å². The predicted octanol–water partition coefficient (Wildman–Crippen LogP) is 7.18. The second-order valence-corrected chi connectivity index (χ2v) is 9.93. The molecule has 0 unspecified atom stereocenters. The molecule has 0 heterocycles. The van der Waals surface area contributed by atoms with Gasteiger partial charge in [-0.2, -0.15) is 0 Å². The van der Waals surface area contributed by atoms with Gasteiger partial charge in [-0.05, 0) is 66.1 Å². The van der Waals surface area contributed by atoms with Crippen LogP contribution in [0.25, 0.3) is 6.08 Å². The van der Waals surface area contributed by atoms with Crippen LogP contribution in [-0.4, -0.2) is 12.6 Å². The normalized spacial score (nSPS) is 12.2. The third-order valence-electron chi connectivity index (χ3n) is 4.50. The number of benzene rings is 2. The number of hydrogen-bond acceptors (Lipinski definition) is 3. The monoisotopic (exact) mass is 458 g/mol. The van der Waals surface area contributed by atoms with Gasteiger partial charge in [0.25, 0.3) is 0 Å². The number of carbonyl (C=O) groups excluding carboxylic acids is 1. The molecule has 0 atom stereocenters. The largest absolute Gasteiger partial charge is 0.493 e. The number of ether oxygens (including phenoxy) is 2. The smallest absolute Gasteiger partial charge is 0.336 e. The van der Waals surface area contributed by atoms with Crippen molar-refractivity contribution in [2.75, 3.05) is 6.61 Å². The molecule has 0 spiro atoms. The molecule has 0 radical (unpaired) electrons. The van der Waals surface area contributed by atoms with Crippen LogP contribution < -0.4 is 9.47 Å². The highest BCUT2D eigenvalue weighted by Crippen LogP contribution is 2.36. The minimum absolute atomic E-state index is 0.0526. The van der Waals surface area contributed by atoms with E-state index in [2.05, 4.69) is 50.5 Å². The van der Waals surface area contributed by atoms with Gasteiger partial charge in [0.15, 0.2) is 0 Å². The number of halogens is 1. The van der Waals surface area contributed by atoms with Crippen LogP contribution in [0.5, 0.6) is 11.5 Å². The van der Waals surface area contributed by atoms with Gasteiger partial charge in [0, 0.05) is 16.1 Å². The zero-order valence-electron chi connectivity index (χ0n) is 18.2. The zero-order chi connectivity index (χ0) is 21.7. The lowest BCUT2D eigenvalue weighted by Gasteiger charge is -2.33. The average molecular weight is 459 g/mol. The number of esters is 1. The molecule has 0 aliphatic heterocycles. The van der Waals surface area contributed by atoms with Crippen LogP contribution >= 0.6 is 15.9 Å². The topological polar surface area (TPSA) is 35.5 Å². The molecule has 2 rings (SSSR count). The van der Waals surface area contributed by atoms with Crippen molar-refractivity contribution < 1.29 is 14.3 Å². The Morgan fingerprint density at radius 1 is 1.03 bits per heavy atom. The van der Waals surface area contributed by atoms with E-state index in [1.807, 2.05) is 49.4 Å². The molecule has 0 fully saturated rings. The van der Waals surface area contributed by atoms with Gasteiger partial charge < -0.3 is 9.47 Å². The molecule has 4 heteroatoms. The van der Waals surface area contributed by atoms with E-state index >= 15 is 0 Å². The molecule has 0 aliphatic carbocycles. The van der Waals surface area contributed by atoms with Crippen molar-refractivity contribution >= 4 is 28.0 Å². The van der Waals surface area contributed by atoms with E-state index in [9.17, 15) is 4.79 Å². The second kappa shape index (κ2) is 9.62. The summed E-state index contributed by atoms with van der Waals surface area (Å²) in [5.41, 5.74) is 2.35. The van der Waals surface area contributed by atoms with Gasteiger partial charge in [-0.1, -0.05) is 62.7 Å². The first-order valence-corrected chi connectivity index (χ1v) is 10.7. The van der Waals surface area contributed by atoms with Crippen LogP contribution in [0.1, 0.15) is 59.1 Å². The van der Waals surface area contributed by atoms with Gasteiger partial charge in [0.1, 0.15) is 11.5 Å². The van der Waals surface area contributed by atoms with Crippen LogP contribution in [0.2, 0.25) is 0 Å². The SMILES string of the molecule is CCOc1ccc(Br)cc1/C=C/C(=O)Oc1ccc(C(C)(C)CC(C)(C)C)cc1. The maximum atomic E-state index is 12.2. The van der Waals surface area contributed by atoms with Crippen LogP contribution in [0.4, 0.5) is 0 Å². The van der Waals surface area contributed by atoms with Crippen molar-refractivity contribution in [3.05, 3.63) is 64.1 Å². The van der Waals surface area contributed by atoms with E-state index in [4.69, 9.17) is 9.47 Å². The lowest BCUT2D eigenvalue weighted by Crippen LogP contribution is -2.24. The second-order valence-electron chi connectivity index (χ2n) is 9.02. The van der Waals surface area contributed by atoms with E-state index in [0.29, 0.717) is 12.4 Å². The summed E-state index contributed by atoms with van der Waals surface area (Å²) in [7, 11) is 0. The highest BCUT2D eigenvalue weighted by Gasteiger charge is 2.27. The highest BCUT2D eigenvalue weighted by molar-refractivity contribution is 9.10. The molecule has 3 nitrogen and oxygen atoms in total. The molecule has 0 saturated heterocycles. The Balaban J connectivity index is 2.06. The van der Waals surface area contributed by atoms with Crippen molar-refractivity contribution in [2.24, 2.45) is 5.41 Å². The van der Waals surface area contributed by atoms with Crippen molar-refractivity contribution in [2.45, 2.75) is 53.4 Å². The van der Waals surface area contributed by atoms with Gasteiger partial charge in [-0.3, -0.25) is 0 Å². The molecular formula is C25H31BrO3. The van der Waals surface area contributed by atoms with Crippen molar-refractivity contribution in [1.82, 2.24) is 0 Å². The third-order valence-corrected chi connectivity index (χ3v) is 4.99. The Morgan fingerprint density at radius 3 is 2.28 bits per heavy atom. The number of rotatable bonds is 7. The van der Waals surface area contributed by atoms with E-state index < -0.39 is 5.97 Å². The van der Waals surface area contributed by atoms with Gasteiger partial charge in [-0.25, -0.2) is 4.79 Å². The molecule has 0 aromatic heterocycles. The molecule has 0 bridgehead atoms. The first-order valence-electron chi connectivity index (χ1n) is 9.93. The van der Waals surface area contributed by atoms with Crippen LogP contribution in [0.3, 0.4) is 0 Å². The quantitative estimate of drug-likeness (QED) is 0.250. The lowest BCUT2D eigenvalue weighted by atomic mass is 9.72. The number of hydrogen-bond donors (Lipinski definition) is 0. The van der Waals surface area contributed by atoms with Gasteiger partial charge >= 0.3 is 5.97 Å². The Labute approximate surface area is 183 Å². The van der Waals surface area contributed by atoms with Crippen molar-refractivity contribution in [3.8, 4) is 11.5 Å². The Morgan fingerprint density at radius 2 is 1.69 bits per heavy atom. The molecule has 0 saturated carbocycles. The summed E-state index contributed by atoms with van der Waals surface area (Å²) < 4.78 is 12.0. The predicted molar refractivity (Wildman–Crippen MR) is 124 cm³/mol. The Bertz CT molecular complexity index is 859. The van der Waals surface area contributed by atoms with Gasteiger partial charge in [0.2, 0.25) is 0 Å². The fraction of sp³-hybridized carbons (Fsp3) is 0.400. The summed E-state index contributed by atoms with van der Waals surface area (Å²) in [6.07, 6.45) is 4.19. The first kappa shape index (κ1) is 23.2. The summed E-state index contributed by atoms with van der Waals surface area (Å²) in [5, 5.41) is 0. The molecule has 0 N–H and O–H groups in total. The van der Waals surface area contributed by atoms with Crippen LogP contribution in [-0.2, 0) is 10.2 Å². The highest BCUT2D eigenvalue weighted by atomic mass is 79.9.